The SMILES string of the molecule is CN(C)[C@@H]1C(O)=C(C(N)=O)C(=O)[C@@]2(O)C(O)=C3C(=O)c4c(O)ccc(-c5ccco5)c4C[C@H]3C[C@@H]12. The van der Waals surface area contributed by atoms with Gasteiger partial charge in [-0.05, 0) is 62.7 Å². The molecule has 0 radical (unpaired) electrons. The summed E-state index contributed by atoms with van der Waals surface area (Å²) < 4.78 is 5.50. The average Bonchev–Trinajstić information content (AvgIpc) is 3.30. The normalized spacial score (nSPS) is 28.2. The van der Waals surface area contributed by atoms with Gasteiger partial charge in [0.15, 0.2) is 11.4 Å². The summed E-state index contributed by atoms with van der Waals surface area (Å²) in [5.41, 5.74) is 2.70. The van der Waals surface area contributed by atoms with Crippen molar-refractivity contribution in [1.29, 1.82) is 0 Å². The number of rotatable bonds is 3. The van der Waals surface area contributed by atoms with Crippen molar-refractivity contribution < 1.29 is 39.2 Å². The molecule has 0 fully saturated rings. The van der Waals surface area contributed by atoms with Crippen molar-refractivity contribution in [3.63, 3.8) is 0 Å². The number of hydrogen-bond acceptors (Lipinski definition) is 9. The third kappa shape index (κ3) is 2.93. The number of Topliss-reactive ketones (excluding diaryl/α,β-unsaturated/α-hetero) is 2. The number of carbonyl (C=O) groups excluding carboxylic acids is 3. The van der Waals surface area contributed by atoms with Gasteiger partial charge >= 0.3 is 0 Å². The lowest BCUT2D eigenvalue weighted by molar-refractivity contribution is -0.148. The van der Waals surface area contributed by atoms with Gasteiger partial charge in [0.2, 0.25) is 5.78 Å². The Morgan fingerprint density at radius 2 is 1.89 bits per heavy atom. The molecule has 0 aliphatic heterocycles. The van der Waals surface area contributed by atoms with Gasteiger partial charge in [-0.1, -0.05) is 0 Å². The lowest BCUT2D eigenvalue weighted by Crippen LogP contribution is -2.63. The lowest BCUT2D eigenvalue weighted by atomic mass is 9.58. The number of likely N-dealkylation sites (N-methyl/N-ethyl adjacent to an activating group) is 1. The molecule has 10 nitrogen and oxygen atoms in total. The van der Waals surface area contributed by atoms with E-state index in [-0.39, 0.29) is 29.7 Å². The largest absolute Gasteiger partial charge is 0.510 e. The number of primary amides is 1. The van der Waals surface area contributed by atoms with Crippen molar-refractivity contribution in [2.24, 2.45) is 17.6 Å². The van der Waals surface area contributed by atoms with E-state index >= 15 is 0 Å². The maximum absolute atomic E-state index is 13.6. The molecule has 5 rings (SSSR count). The number of nitrogens with zero attached hydrogens (tertiary/aromatic N) is 1. The van der Waals surface area contributed by atoms with Gasteiger partial charge in [-0.3, -0.25) is 19.3 Å². The molecule has 1 amide bonds. The molecule has 0 unspecified atom stereocenters. The van der Waals surface area contributed by atoms with Crippen molar-refractivity contribution in [2.45, 2.75) is 24.5 Å². The van der Waals surface area contributed by atoms with Crippen molar-refractivity contribution in [2.75, 3.05) is 14.1 Å². The van der Waals surface area contributed by atoms with E-state index in [4.69, 9.17) is 10.2 Å². The molecule has 0 saturated carbocycles. The van der Waals surface area contributed by atoms with Crippen molar-refractivity contribution in [1.82, 2.24) is 4.90 Å². The minimum atomic E-state index is -2.65. The molecule has 3 aliphatic carbocycles. The highest BCUT2D eigenvalue weighted by Gasteiger charge is 2.63. The van der Waals surface area contributed by atoms with Gasteiger partial charge in [-0.25, -0.2) is 0 Å². The van der Waals surface area contributed by atoms with Crippen LogP contribution in [0.5, 0.6) is 5.75 Å². The monoisotopic (exact) mass is 480 g/mol. The average molecular weight is 480 g/mol. The van der Waals surface area contributed by atoms with Gasteiger partial charge in [0.25, 0.3) is 5.91 Å². The van der Waals surface area contributed by atoms with E-state index < -0.39 is 58.0 Å². The number of hydrogen-bond donors (Lipinski definition) is 5. The first-order valence-corrected chi connectivity index (χ1v) is 11.0. The molecule has 1 aromatic heterocycles. The number of amides is 1. The molecule has 1 heterocycles. The first kappa shape index (κ1) is 22.9. The summed E-state index contributed by atoms with van der Waals surface area (Å²) in [6, 6.07) is 5.35. The predicted octanol–water partition coefficient (Wildman–Crippen LogP) is 1.38. The maximum atomic E-state index is 13.6. The van der Waals surface area contributed by atoms with Crippen LogP contribution >= 0.6 is 0 Å². The molecule has 10 heteroatoms. The van der Waals surface area contributed by atoms with Crippen LogP contribution in [0.4, 0.5) is 0 Å². The molecule has 6 N–H and O–H groups in total. The second-order valence-corrected chi connectivity index (χ2v) is 9.43. The van der Waals surface area contributed by atoms with Gasteiger partial charge in [-0.2, -0.15) is 0 Å². The number of aliphatic hydroxyl groups is 3. The highest BCUT2D eigenvalue weighted by molar-refractivity contribution is 6.24. The van der Waals surface area contributed by atoms with Gasteiger partial charge in [-0.15, -0.1) is 0 Å². The third-order valence-corrected chi connectivity index (χ3v) is 7.39. The van der Waals surface area contributed by atoms with Gasteiger partial charge in [0.1, 0.15) is 28.6 Å². The topological polar surface area (TPSA) is 175 Å². The molecule has 35 heavy (non-hydrogen) atoms. The Morgan fingerprint density at radius 1 is 1.17 bits per heavy atom. The van der Waals surface area contributed by atoms with Crippen LogP contribution in [0.1, 0.15) is 22.3 Å². The van der Waals surface area contributed by atoms with Crippen LogP contribution in [0.15, 0.2) is 57.6 Å². The Kier molecular flexibility index (Phi) is 4.94. The number of aromatic hydroxyl groups is 1. The smallest absolute Gasteiger partial charge is 0.255 e. The summed E-state index contributed by atoms with van der Waals surface area (Å²) in [6.45, 7) is 0. The second-order valence-electron chi connectivity index (χ2n) is 9.43. The second kappa shape index (κ2) is 7.56. The standard InChI is InChI=1S/C25H24N2O8/c1-27(2)19-13-9-10-8-12-11(15-4-3-7-35-15)5-6-14(28)17(12)20(29)16(10)22(31)25(13,34)23(32)18(21(19)30)24(26)33/h3-7,10,13,19,28,30-31,34H,8-9H2,1-2H3,(H2,26,33)/t10-,13-,19-,25-/m0/s1. The molecule has 0 bridgehead atoms. The van der Waals surface area contributed by atoms with Crippen LogP contribution in [0.25, 0.3) is 11.3 Å². The fraction of sp³-hybridized carbons (Fsp3) is 0.320. The maximum Gasteiger partial charge on any atom is 0.255 e. The first-order chi connectivity index (χ1) is 16.5. The Bertz CT molecular complexity index is 1350. The Hall–Kier alpha value is -3.89. The van der Waals surface area contributed by atoms with Crippen LogP contribution < -0.4 is 5.73 Å². The van der Waals surface area contributed by atoms with Crippen molar-refractivity contribution in [3.8, 4) is 17.1 Å². The summed E-state index contributed by atoms with van der Waals surface area (Å²) >= 11 is 0. The minimum absolute atomic E-state index is 0.0268. The molecule has 3 aliphatic rings. The fourth-order valence-corrected chi connectivity index (χ4v) is 5.91. The zero-order valence-corrected chi connectivity index (χ0v) is 19.0. The number of phenolic OH excluding ortho intramolecular Hbond substituents is 1. The van der Waals surface area contributed by atoms with E-state index in [1.165, 1.54) is 17.2 Å². The minimum Gasteiger partial charge on any atom is -0.510 e. The summed E-state index contributed by atoms with van der Waals surface area (Å²) in [5, 5.41) is 44.2. The third-order valence-electron chi connectivity index (χ3n) is 7.39. The van der Waals surface area contributed by atoms with Gasteiger partial charge in [0, 0.05) is 17.1 Å². The highest BCUT2D eigenvalue weighted by atomic mass is 16.3. The fourth-order valence-electron chi connectivity index (χ4n) is 5.91. The summed E-state index contributed by atoms with van der Waals surface area (Å²) in [7, 11) is 3.17. The van der Waals surface area contributed by atoms with Crippen molar-refractivity contribution >= 4 is 17.5 Å². The predicted molar refractivity (Wildman–Crippen MR) is 121 cm³/mol. The van der Waals surface area contributed by atoms with E-state index in [1.807, 2.05) is 0 Å². The Labute approximate surface area is 199 Å². The molecule has 182 valence electrons. The Balaban J connectivity index is 1.74. The van der Waals surface area contributed by atoms with Crippen LogP contribution in [-0.2, 0) is 16.0 Å². The first-order valence-electron chi connectivity index (χ1n) is 11.0. The zero-order valence-electron chi connectivity index (χ0n) is 19.0. The van der Waals surface area contributed by atoms with Crippen LogP contribution in [0.3, 0.4) is 0 Å². The number of fused-ring (bicyclic) bond motifs is 3. The van der Waals surface area contributed by atoms with E-state index in [1.54, 1.807) is 32.3 Å². The van der Waals surface area contributed by atoms with E-state index in [0.717, 1.165) is 0 Å². The molecule has 0 saturated heterocycles. The molecule has 1 aromatic carbocycles. The number of benzene rings is 1. The molecule has 0 spiro atoms. The van der Waals surface area contributed by atoms with E-state index in [0.29, 0.717) is 16.9 Å². The zero-order chi connectivity index (χ0) is 25.4. The number of carbonyl (C=O) groups is 3. The summed E-state index contributed by atoms with van der Waals surface area (Å²) in [5.74, 6) is -6.29. The summed E-state index contributed by atoms with van der Waals surface area (Å²) in [6.07, 6.45) is 1.70. The molecule has 4 atom stereocenters. The lowest BCUT2D eigenvalue weighted by Gasteiger charge is -2.50. The number of ketones is 2. The summed E-state index contributed by atoms with van der Waals surface area (Å²) in [4.78, 5) is 40.4. The number of phenols is 1. The van der Waals surface area contributed by atoms with Crippen LogP contribution in [0, 0.1) is 11.8 Å². The quantitative estimate of drug-likeness (QED) is 0.406. The molecule has 2 aromatic rings. The molecular weight excluding hydrogens is 456 g/mol. The number of allylic oxidation sites excluding steroid dienone is 1. The Morgan fingerprint density at radius 3 is 2.49 bits per heavy atom. The van der Waals surface area contributed by atoms with Crippen molar-refractivity contribution in [3.05, 3.63) is 64.3 Å². The number of furan rings is 1. The van der Waals surface area contributed by atoms with Gasteiger partial charge in [0.05, 0.1) is 17.9 Å². The van der Waals surface area contributed by atoms with E-state index in [9.17, 15) is 34.8 Å². The van der Waals surface area contributed by atoms with E-state index in [2.05, 4.69) is 0 Å². The van der Waals surface area contributed by atoms with Gasteiger partial charge < -0.3 is 30.6 Å². The van der Waals surface area contributed by atoms with Crippen LogP contribution in [-0.4, -0.2) is 68.5 Å². The van der Waals surface area contributed by atoms with Crippen LogP contribution in [0.2, 0.25) is 0 Å². The molecular formula is C25H24N2O8. The number of aliphatic hydroxyl groups excluding tert-OH is 2. The highest BCUT2D eigenvalue weighted by Crippen LogP contribution is 2.53. The number of nitrogens with two attached hydrogens (primary N) is 1.